The first-order valence-corrected chi connectivity index (χ1v) is 10.8. The number of carbonyl (C=O) groups is 2. The summed E-state index contributed by atoms with van der Waals surface area (Å²) in [5.41, 5.74) is 2.71. The van der Waals surface area contributed by atoms with E-state index in [1.54, 1.807) is 11.8 Å². The number of hydrogen-bond donors (Lipinski definition) is 1. The van der Waals surface area contributed by atoms with Crippen LogP contribution in [-0.4, -0.2) is 28.5 Å². The minimum atomic E-state index is -0.0686. The maximum Gasteiger partial charge on any atom is 0.251 e. The van der Waals surface area contributed by atoms with Gasteiger partial charge in [0.05, 0.1) is 5.75 Å². The summed E-state index contributed by atoms with van der Waals surface area (Å²) in [4.78, 5) is 26.7. The molecule has 2 atom stereocenters. The van der Waals surface area contributed by atoms with Crippen molar-refractivity contribution in [2.45, 2.75) is 38.7 Å². The summed E-state index contributed by atoms with van der Waals surface area (Å²) in [6, 6.07) is 15.2. The van der Waals surface area contributed by atoms with Crippen molar-refractivity contribution in [3.05, 3.63) is 70.2 Å². The second kappa shape index (κ2) is 9.01. The Labute approximate surface area is 175 Å². The van der Waals surface area contributed by atoms with Crippen molar-refractivity contribution in [1.29, 1.82) is 0 Å². The number of carbonyl (C=O) groups excluding carboxylic acids is 2. The molecule has 148 valence electrons. The molecule has 1 aliphatic rings. The Morgan fingerprint density at radius 3 is 2.39 bits per heavy atom. The van der Waals surface area contributed by atoms with E-state index in [2.05, 4.69) is 19.2 Å². The molecule has 1 aliphatic heterocycles. The quantitative estimate of drug-likeness (QED) is 0.729. The third-order valence-electron chi connectivity index (χ3n) is 5.05. The lowest BCUT2D eigenvalue weighted by Gasteiger charge is -2.24. The van der Waals surface area contributed by atoms with E-state index < -0.39 is 0 Å². The molecule has 3 rings (SSSR count). The van der Waals surface area contributed by atoms with E-state index in [4.69, 9.17) is 11.6 Å². The van der Waals surface area contributed by atoms with Crippen molar-refractivity contribution in [3.8, 4) is 0 Å². The van der Waals surface area contributed by atoms with Crippen LogP contribution in [-0.2, 0) is 11.3 Å². The predicted molar refractivity (Wildman–Crippen MR) is 115 cm³/mol. The summed E-state index contributed by atoms with van der Waals surface area (Å²) in [6.45, 7) is 6.71. The molecule has 0 unspecified atom stereocenters. The molecule has 2 amide bonds. The molecular formula is C22H25ClN2O2S. The van der Waals surface area contributed by atoms with Crippen molar-refractivity contribution in [3.63, 3.8) is 0 Å². The number of nitrogens with zero attached hydrogens (tertiary/aromatic N) is 1. The molecule has 4 nitrogen and oxygen atoms in total. The van der Waals surface area contributed by atoms with Crippen LogP contribution < -0.4 is 5.32 Å². The van der Waals surface area contributed by atoms with E-state index in [9.17, 15) is 9.59 Å². The van der Waals surface area contributed by atoms with Crippen LogP contribution in [0.3, 0.4) is 0 Å². The molecule has 1 fully saturated rings. The van der Waals surface area contributed by atoms with Gasteiger partial charge < -0.3 is 10.2 Å². The summed E-state index contributed by atoms with van der Waals surface area (Å²) in [5, 5.41) is 3.66. The minimum Gasteiger partial charge on any atom is -0.349 e. The number of amides is 2. The molecule has 6 heteroatoms. The van der Waals surface area contributed by atoms with Gasteiger partial charge in [-0.3, -0.25) is 9.59 Å². The summed E-state index contributed by atoms with van der Waals surface area (Å²) < 4.78 is 0. The summed E-state index contributed by atoms with van der Waals surface area (Å²) in [5.74, 6) is 0.899. The number of rotatable bonds is 6. The van der Waals surface area contributed by atoms with Gasteiger partial charge in [-0.2, -0.15) is 0 Å². The van der Waals surface area contributed by atoms with Gasteiger partial charge in [0.25, 0.3) is 5.91 Å². The van der Waals surface area contributed by atoms with Gasteiger partial charge in [-0.15, -0.1) is 11.8 Å². The second-order valence-electron chi connectivity index (χ2n) is 7.44. The van der Waals surface area contributed by atoms with E-state index in [0.29, 0.717) is 28.8 Å². The molecule has 1 heterocycles. The van der Waals surface area contributed by atoms with Crippen LogP contribution in [0, 0.1) is 5.92 Å². The number of thioether (sulfide) groups is 1. The molecular weight excluding hydrogens is 392 g/mol. The Morgan fingerprint density at radius 2 is 1.79 bits per heavy atom. The fourth-order valence-corrected chi connectivity index (χ4v) is 4.26. The van der Waals surface area contributed by atoms with Crippen molar-refractivity contribution in [1.82, 2.24) is 10.2 Å². The van der Waals surface area contributed by atoms with Gasteiger partial charge in [0.2, 0.25) is 5.91 Å². The lowest BCUT2D eigenvalue weighted by molar-refractivity contribution is -0.128. The van der Waals surface area contributed by atoms with Crippen LogP contribution in [0.4, 0.5) is 0 Å². The third-order valence-corrected chi connectivity index (χ3v) is 6.56. The molecule has 1 N–H and O–H groups in total. The Morgan fingerprint density at radius 1 is 1.14 bits per heavy atom. The average molecular weight is 417 g/mol. The zero-order valence-electron chi connectivity index (χ0n) is 16.3. The molecule has 0 spiro atoms. The molecule has 0 aromatic heterocycles. The summed E-state index contributed by atoms with van der Waals surface area (Å²) >= 11 is 7.57. The maximum absolute atomic E-state index is 12.4. The van der Waals surface area contributed by atoms with Gasteiger partial charge >= 0.3 is 0 Å². The monoisotopic (exact) mass is 416 g/mol. The van der Waals surface area contributed by atoms with E-state index >= 15 is 0 Å². The van der Waals surface area contributed by atoms with Crippen molar-refractivity contribution < 1.29 is 9.59 Å². The Hall–Kier alpha value is -1.98. The molecule has 0 saturated carbocycles. The van der Waals surface area contributed by atoms with Crippen LogP contribution in [0.1, 0.15) is 47.6 Å². The highest BCUT2D eigenvalue weighted by Gasteiger charge is 2.32. The molecule has 2 aromatic carbocycles. The fraction of sp³-hybridized carbons (Fsp3) is 0.364. The smallest absolute Gasteiger partial charge is 0.251 e. The van der Waals surface area contributed by atoms with E-state index in [-0.39, 0.29) is 23.2 Å². The van der Waals surface area contributed by atoms with Crippen LogP contribution in [0.2, 0.25) is 5.02 Å². The molecule has 2 aromatic rings. The second-order valence-corrected chi connectivity index (χ2v) is 8.94. The van der Waals surface area contributed by atoms with Crippen molar-refractivity contribution >= 4 is 35.2 Å². The lowest BCUT2D eigenvalue weighted by Crippen LogP contribution is -2.36. The molecule has 0 bridgehead atoms. The van der Waals surface area contributed by atoms with Gasteiger partial charge in [-0.25, -0.2) is 0 Å². The first-order chi connectivity index (χ1) is 13.3. The standard InChI is InChI=1S/C22H25ClN2O2S/c1-14(2)15(3)24-21(27)17-6-8-18(9-7-17)22-25(20(26)13-28-22)12-16-4-10-19(23)11-5-16/h4-11,14-15,22H,12-13H2,1-3H3,(H,24,27)/t15-,22-/m0/s1. The van der Waals surface area contributed by atoms with Crippen LogP contribution in [0.25, 0.3) is 0 Å². The summed E-state index contributed by atoms with van der Waals surface area (Å²) in [7, 11) is 0. The minimum absolute atomic E-state index is 0.0464. The largest absolute Gasteiger partial charge is 0.349 e. The maximum atomic E-state index is 12.4. The van der Waals surface area contributed by atoms with Gasteiger partial charge in [0.15, 0.2) is 0 Å². The normalized spacial score (nSPS) is 17.8. The Kier molecular flexibility index (Phi) is 6.68. The lowest BCUT2D eigenvalue weighted by atomic mass is 10.1. The highest BCUT2D eigenvalue weighted by atomic mass is 35.5. The number of hydrogen-bond acceptors (Lipinski definition) is 3. The van der Waals surface area contributed by atoms with Crippen LogP contribution in [0.15, 0.2) is 48.5 Å². The van der Waals surface area contributed by atoms with Gasteiger partial charge in [0.1, 0.15) is 5.37 Å². The van der Waals surface area contributed by atoms with Crippen LogP contribution >= 0.6 is 23.4 Å². The van der Waals surface area contributed by atoms with E-state index in [1.165, 1.54) is 0 Å². The van der Waals surface area contributed by atoms with Gasteiger partial charge in [0, 0.05) is 23.2 Å². The molecule has 0 radical (unpaired) electrons. The Balaban J connectivity index is 1.72. The van der Waals surface area contributed by atoms with Crippen molar-refractivity contribution in [2.24, 2.45) is 5.92 Å². The molecule has 0 aliphatic carbocycles. The fourth-order valence-electron chi connectivity index (χ4n) is 2.94. The first kappa shape index (κ1) is 20.7. The van der Waals surface area contributed by atoms with Gasteiger partial charge in [-0.05, 0) is 48.2 Å². The van der Waals surface area contributed by atoms with Crippen molar-refractivity contribution in [2.75, 3.05) is 5.75 Å². The SMILES string of the molecule is CC(C)[C@H](C)NC(=O)c1ccc([C@@H]2SCC(=O)N2Cc2ccc(Cl)cc2)cc1. The van der Waals surface area contributed by atoms with E-state index in [1.807, 2.05) is 60.4 Å². The summed E-state index contributed by atoms with van der Waals surface area (Å²) in [6.07, 6.45) is 0. The average Bonchev–Trinajstić information content (AvgIpc) is 3.04. The third kappa shape index (κ3) is 4.89. The van der Waals surface area contributed by atoms with Gasteiger partial charge in [-0.1, -0.05) is 49.7 Å². The first-order valence-electron chi connectivity index (χ1n) is 9.41. The molecule has 1 saturated heterocycles. The zero-order valence-corrected chi connectivity index (χ0v) is 17.9. The van der Waals surface area contributed by atoms with Crippen LogP contribution in [0.5, 0.6) is 0 Å². The molecule has 28 heavy (non-hydrogen) atoms. The predicted octanol–water partition coefficient (Wildman–Crippen LogP) is 4.89. The van der Waals surface area contributed by atoms with E-state index in [0.717, 1.165) is 11.1 Å². The topological polar surface area (TPSA) is 49.4 Å². The highest BCUT2D eigenvalue weighted by molar-refractivity contribution is 8.00. The zero-order chi connectivity index (χ0) is 20.3. The Bertz CT molecular complexity index is 837. The highest BCUT2D eigenvalue weighted by Crippen LogP contribution is 2.39. The number of nitrogens with one attached hydrogen (secondary N) is 1. The number of benzene rings is 2. The number of halogens is 1.